The number of carbonyl (C=O) groups excluding carboxylic acids is 2. The van der Waals surface area contributed by atoms with Crippen LogP contribution in [-0.2, 0) is 14.8 Å². The van der Waals surface area contributed by atoms with E-state index in [4.69, 9.17) is 0 Å². The van der Waals surface area contributed by atoms with Crippen molar-refractivity contribution in [3.05, 3.63) is 24.5 Å². The summed E-state index contributed by atoms with van der Waals surface area (Å²) in [5.41, 5.74) is 0. The fourth-order valence-electron chi connectivity index (χ4n) is 2.59. The molecule has 0 aliphatic carbocycles. The molecule has 2 fully saturated rings. The first-order valence-corrected chi connectivity index (χ1v) is 7.94. The molecule has 0 radical (unpaired) electrons. The lowest BCUT2D eigenvalue weighted by molar-refractivity contribution is -0.126. The summed E-state index contributed by atoms with van der Waals surface area (Å²) in [6.45, 7) is 0.375. The van der Waals surface area contributed by atoms with Gasteiger partial charge in [-0.1, -0.05) is 0 Å². The zero-order valence-corrected chi connectivity index (χ0v) is 11.9. The highest BCUT2D eigenvalue weighted by molar-refractivity contribution is 7.89. The van der Waals surface area contributed by atoms with Gasteiger partial charge in [-0.15, -0.1) is 0 Å². The maximum atomic E-state index is 12.4. The molecule has 2 aliphatic rings. The lowest BCUT2D eigenvalue weighted by Gasteiger charge is -2.21. The minimum Gasteiger partial charge on any atom is -0.329 e. The van der Waals surface area contributed by atoms with Crippen molar-refractivity contribution >= 4 is 22.0 Å². The van der Waals surface area contributed by atoms with E-state index < -0.39 is 22.1 Å². The average Bonchev–Trinajstić information content (AvgIpc) is 3.07. The van der Waals surface area contributed by atoms with Crippen molar-refractivity contribution in [2.75, 3.05) is 19.6 Å². The van der Waals surface area contributed by atoms with E-state index in [-0.39, 0.29) is 30.4 Å². The number of pyridine rings is 1. The molecule has 1 aromatic rings. The molecule has 1 aromatic heterocycles. The van der Waals surface area contributed by atoms with Crippen molar-refractivity contribution in [2.45, 2.75) is 17.4 Å². The summed E-state index contributed by atoms with van der Waals surface area (Å²) >= 11 is 0. The summed E-state index contributed by atoms with van der Waals surface area (Å²) in [7, 11) is -3.63. The van der Waals surface area contributed by atoms with Gasteiger partial charge in [-0.2, -0.15) is 4.31 Å². The van der Waals surface area contributed by atoms with Gasteiger partial charge < -0.3 is 5.32 Å². The van der Waals surface area contributed by atoms with Crippen LogP contribution in [0.4, 0.5) is 4.79 Å². The monoisotopic (exact) mass is 310 g/mol. The first kappa shape index (κ1) is 14.0. The van der Waals surface area contributed by atoms with Crippen molar-refractivity contribution < 1.29 is 18.0 Å². The topological polar surface area (TPSA) is 99.7 Å². The van der Waals surface area contributed by atoms with Crippen molar-refractivity contribution in [1.82, 2.24) is 19.5 Å². The molecule has 9 heteroatoms. The van der Waals surface area contributed by atoms with Gasteiger partial charge >= 0.3 is 6.03 Å². The summed E-state index contributed by atoms with van der Waals surface area (Å²) in [5, 5.41) is 2.44. The summed E-state index contributed by atoms with van der Waals surface area (Å²) in [6, 6.07) is 2.17. The van der Waals surface area contributed by atoms with E-state index in [9.17, 15) is 18.0 Å². The second kappa shape index (κ2) is 5.08. The van der Waals surface area contributed by atoms with Crippen LogP contribution in [0, 0.1) is 0 Å². The number of hydrogen-bond donors (Lipinski definition) is 1. The zero-order chi connectivity index (χ0) is 15.0. The highest BCUT2D eigenvalue weighted by Crippen LogP contribution is 2.24. The summed E-state index contributed by atoms with van der Waals surface area (Å²) < 4.78 is 26.2. The molecule has 1 atom stereocenters. The standard InChI is InChI=1S/C12H14N4O4S/c17-11-7-14-12(18)16(11)9-3-5-15(8-9)21(19,20)10-2-1-4-13-6-10/h1-2,4,6,9H,3,5,7-8H2,(H,14,18). The highest BCUT2D eigenvalue weighted by atomic mass is 32.2. The molecule has 1 N–H and O–H groups in total. The number of rotatable bonds is 3. The van der Waals surface area contributed by atoms with E-state index in [0.717, 1.165) is 4.90 Å². The number of sulfonamides is 1. The van der Waals surface area contributed by atoms with Gasteiger partial charge in [-0.3, -0.25) is 14.7 Å². The summed E-state index contributed by atoms with van der Waals surface area (Å²) in [5.74, 6) is -0.314. The third-order valence-electron chi connectivity index (χ3n) is 3.64. The molecule has 3 amide bonds. The van der Waals surface area contributed by atoms with E-state index in [2.05, 4.69) is 10.3 Å². The van der Waals surface area contributed by atoms with E-state index in [1.54, 1.807) is 6.07 Å². The average molecular weight is 310 g/mol. The molecule has 2 saturated heterocycles. The Labute approximate surface area is 121 Å². The van der Waals surface area contributed by atoms with Gasteiger partial charge in [0.25, 0.3) is 0 Å². The minimum absolute atomic E-state index is 0.0231. The van der Waals surface area contributed by atoms with Crippen LogP contribution >= 0.6 is 0 Å². The van der Waals surface area contributed by atoms with Gasteiger partial charge in [0, 0.05) is 25.5 Å². The molecular formula is C12H14N4O4S. The highest BCUT2D eigenvalue weighted by Gasteiger charge is 2.41. The fraction of sp³-hybridized carbons (Fsp3) is 0.417. The first-order chi connectivity index (χ1) is 10.00. The van der Waals surface area contributed by atoms with Gasteiger partial charge in [-0.05, 0) is 18.6 Å². The molecule has 8 nitrogen and oxygen atoms in total. The van der Waals surface area contributed by atoms with Crippen molar-refractivity contribution in [2.24, 2.45) is 0 Å². The molecular weight excluding hydrogens is 296 g/mol. The van der Waals surface area contributed by atoms with Crippen LogP contribution in [0.5, 0.6) is 0 Å². The Morgan fingerprint density at radius 3 is 2.76 bits per heavy atom. The predicted octanol–water partition coefficient (Wildman–Crippen LogP) is -0.604. The Hall–Kier alpha value is -2.00. The Morgan fingerprint density at radius 1 is 1.33 bits per heavy atom. The number of imide groups is 1. The molecule has 112 valence electrons. The van der Waals surface area contributed by atoms with Gasteiger partial charge in [0.15, 0.2) is 0 Å². The fourth-order valence-corrected chi connectivity index (χ4v) is 4.05. The first-order valence-electron chi connectivity index (χ1n) is 6.50. The van der Waals surface area contributed by atoms with Gasteiger partial charge in [0.2, 0.25) is 15.9 Å². The molecule has 0 saturated carbocycles. The van der Waals surface area contributed by atoms with Crippen LogP contribution in [0.15, 0.2) is 29.4 Å². The Kier molecular flexibility index (Phi) is 3.38. The number of hydrogen-bond acceptors (Lipinski definition) is 5. The van der Waals surface area contributed by atoms with Crippen LogP contribution in [0.3, 0.4) is 0 Å². The maximum Gasteiger partial charge on any atom is 0.324 e. The lowest BCUT2D eigenvalue weighted by Crippen LogP contribution is -2.42. The predicted molar refractivity (Wildman–Crippen MR) is 71.6 cm³/mol. The van der Waals surface area contributed by atoms with E-state index >= 15 is 0 Å². The van der Waals surface area contributed by atoms with Crippen LogP contribution in [-0.4, -0.2) is 60.2 Å². The largest absolute Gasteiger partial charge is 0.329 e. The summed E-state index contributed by atoms with van der Waals surface area (Å²) in [6.07, 6.45) is 3.23. The Balaban J connectivity index is 1.78. The van der Waals surface area contributed by atoms with Crippen LogP contribution < -0.4 is 5.32 Å². The number of nitrogens with zero attached hydrogens (tertiary/aromatic N) is 3. The quantitative estimate of drug-likeness (QED) is 0.751. The number of aromatic nitrogens is 1. The molecule has 0 aromatic carbocycles. The van der Waals surface area contributed by atoms with Gasteiger partial charge in [0.05, 0.1) is 12.6 Å². The van der Waals surface area contributed by atoms with E-state index in [0.29, 0.717) is 6.42 Å². The van der Waals surface area contributed by atoms with Crippen LogP contribution in [0.2, 0.25) is 0 Å². The maximum absolute atomic E-state index is 12.4. The van der Waals surface area contributed by atoms with Gasteiger partial charge in [-0.25, -0.2) is 13.2 Å². The number of nitrogens with one attached hydrogen (secondary N) is 1. The molecule has 0 spiro atoms. The normalized spacial score (nSPS) is 23.6. The van der Waals surface area contributed by atoms with Crippen molar-refractivity contribution in [3.63, 3.8) is 0 Å². The number of urea groups is 1. The zero-order valence-electron chi connectivity index (χ0n) is 11.1. The SMILES string of the molecule is O=C1CNC(=O)N1C1CCN(S(=O)(=O)c2cccnc2)C1. The second-order valence-electron chi connectivity index (χ2n) is 4.92. The number of carbonyl (C=O) groups is 2. The molecule has 21 heavy (non-hydrogen) atoms. The molecule has 3 rings (SSSR count). The third kappa shape index (κ3) is 2.38. The molecule has 1 unspecified atom stereocenters. The summed E-state index contributed by atoms with van der Waals surface area (Å²) in [4.78, 5) is 28.3. The van der Waals surface area contributed by atoms with Crippen molar-refractivity contribution in [3.8, 4) is 0 Å². The second-order valence-corrected chi connectivity index (χ2v) is 6.85. The minimum atomic E-state index is -3.63. The molecule has 3 heterocycles. The van der Waals surface area contributed by atoms with E-state index in [1.165, 1.54) is 22.8 Å². The van der Waals surface area contributed by atoms with Gasteiger partial charge in [0.1, 0.15) is 4.90 Å². The lowest BCUT2D eigenvalue weighted by atomic mass is 10.2. The smallest absolute Gasteiger partial charge is 0.324 e. The van der Waals surface area contributed by atoms with Crippen LogP contribution in [0.25, 0.3) is 0 Å². The van der Waals surface area contributed by atoms with Crippen molar-refractivity contribution in [1.29, 1.82) is 0 Å². The van der Waals surface area contributed by atoms with E-state index in [1.807, 2.05) is 0 Å². The molecule has 0 bridgehead atoms. The molecule has 2 aliphatic heterocycles. The van der Waals surface area contributed by atoms with Crippen LogP contribution in [0.1, 0.15) is 6.42 Å². The Bertz CT molecular complexity index is 660. The third-order valence-corrected chi connectivity index (χ3v) is 5.49. The Morgan fingerprint density at radius 2 is 2.14 bits per heavy atom. The number of amides is 3.